The molecule has 0 aromatic heterocycles. The maximum atomic E-state index is 11.7. The monoisotopic (exact) mass is 399 g/mol. The maximum absolute atomic E-state index is 11.7. The molecule has 27 heavy (non-hydrogen) atoms. The first-order valence-corrected chi connectivity index (χ1v) is 11.2. The highest BCUT2D eigenvalue weighted by molar-refractivity contribution is 8.16. The van der Waals surface area contributed by atoms with Crippen molar-refractivity contribution < 1.29 is 19.1 Å². The number of ether oxygens (including phenoxy) is 1. The fraction of sp³-hybridized carbons (Fsp3) is 0.762. The van der Waals surface area contributed by atoms with Gasteiger partial charge in [-0.1, -0.05) is 70.1 Å². The normalized spacial score (nSPS) is 10.9. The quantitative estimate of drug-likeness (QED) is 0.208. The van der Waals surface area contributed by atoms with Gasteiger partial charge < -0.3 is 10.1 Å². The summed E-state index contributed by atoms with van der Waals surface area (Å²) in [7, 11) is 1.40. The first kappa shape index (κ1) is 25.7. The van der Waals surface area contributed by atoms with Crippen LogP contribution in [-0.4, -0.2) is 30.6 Å². The number of unbranched alkanes of at least 4 members (excludes halogenated alkanes) is 9. The number of methoxy groups -OCH3 is 1. The van der Waals surface area contributed by atoms with Crippen molar-refractivity contribution in [3.05, 3.63) is 11.5 Å². The lowest BCUT2D eigenvalue weighted by molar-refractivity contribution is -0.140. The van der Waals surface area contributed by atoms with E-state index in [9.17, 15) is 14.4 Å². The van der Waals surface area contributed by atoms with Gasteiger partial charge in [-0.2, -0.15) is 0 Å². The van der Waals surface area contributed by atoms with Crippen molar-refractivity contribution in [3.8, 4) is 0 Å². The molecule has 0 aliphatic heterocycles. The van der Waals surface area contributed by atoms with Crippen LogP contribution in [0.1, 0.15) is 90.4 Å². The van der Waals surface area contributed by atoms with Gasteiger partial charge >= 0.3 is 5.97 Å². The third-order valence-electron chi connectivity index (χ3n) is 4.24. The van der Waals surface area contributed by atoms with E-state index in [-0.39, 0.29) is 17.0 Å². The van der Waals surface area contributed by atoms with Crippen LogP contribution in [0.25, 0.3) is 0 Å². The molecule has 0 aromatic rings. The predicted molar refractivity (Wildman–Crippen MR) is 112 cm³/mol. The van der Waals surface area contributed by atoms with Gasteiger partial charge in [0.25, 0.3) is 0 Å². The van der Waals surface area contributed by atoms with Crippen LogP contribution in [0.3, 0.4) is 0 Å². The molecule has 0 saturated heterocycles. The van der Waals surface area contributed by atoms with Crippen LogP contribution in [0.5, 0.6) is 0 Å². The van der Waals surface area contributed by atoms with Gasteiger partial charge in [-0.3, -0.25) is 14.4 Å². The standard InChI is InChI=1S/C21H37NO4S/c1-3-4-5-6-10-13-17-22-19(23)16-18-27-21(25)15-12-9-7-8-11-14-20(24)26-2/h16,18H,3-15,17H2,1-2H3,(H,22,23)/b18-16-. The van der Waals surface area contributed by atoms with Crippen LogP contribution < -0.4 is 5.32 Å². The van der Waals surface area contributed by atoms with Crippen LogP contribution in [0, 0.1) is 0 Å². The Morgan fingerprint density at radius 3 is 2.11 bits per heavy atom. The van der Waals surface area contributed by atoms with Crippen LogP contribution >= 0.6 is 11.8 Å². The number of carbonyl (C=O) groups is 3. The average molecular weight is 400 g/mol. The number of thioether (sulfide) groups is 1. The van der Waals surface area contributed by atoms with Gasteiger partial charge in [0, 0.05) is 25.5 Å². The minimum atomic E-state index is -0.163. The van der Waals surface area contributed by atoms with Gasteiger partial charge in [-0.25, -0.2) is 0 Å². The summed E-state index contributed by atoms with van der Waals surface area (Å²) in [5.41, 5.74) is 0. The Morgan fingerprint density at radius 1 is 0.852 bits per heavy atom. The summed E-state index contributed by atoms with van der Waals surface area (Å²) < 4.78 is 4.59. The highest BCUT2D eigenvalue weighted by Gasteiger charge is 2.02. The Hall–Kier alpha value is -1.30. The smallest absolute Gasteiger partial charge is 0.305 e. The van der Waals surface area contributed by atoms with E-state index in [1.807, 2.05) is 0 Å². The maximum Gasteiger partial charge on any atom is 0.305 e. The van der Waals surface area contributed by atoms with Gasteiger partial charge in [0.2, 0.25) is 5.91 Å². The zero-order chi connectivity index (χ0) is 20.2. The fourth-order valence-electron chi connectivity index (χ4n) is 2.58. The second-order valence-corrected chi connectivity index (χ2v) is 7.66. The van der Waals surface area contributed by atoms with E-state index in [0.717, 1.165) is 56.7 Å². The number of rotatable bonds is 17. The van der Waals surface area contributed by atoms with E-state index in [1.54, 1.807) is 5.41 Å². The van der Waals surface area contributed by atoms with Gasteiger partial charge in [0.15, 0.2) is 5.12 Å². The molecule has 0 atom stereocenters. The summed E-state index contributed by atoms with van der Waals surface area (Å²) in [6.07, 6.45) is 14.3. The molecule has 0 radical (unpaired) electrons. The van der Waals surface area contributed by atoms with Crippen LogP contribution in [-0.2, 0) is 19.1 Å². The van der Waals surface area contributed by atoms with Gasteiger partial charge in [-0.05, 0) is 24.7 Å². The summed E-state index contributed by atoms with van der Waals surface area (Å²) in [4.78, 5) is 34.3. The minimum absolute atomic E-state index is 0.0875. The van der Waals surface area contributed by atoms with Gasteiger partial charge in [0.1, 0.15) is 0 Å². The summed E-state index contributed by atoms with van der Waals surface area (Å²) >= 11 is 1.09. The number of carbonyl (C=O) groups excluding carboxylic acids is 3. The largest absolute Gasteiger partial charge is 0.469 e. The number of hydrogen-bond acceptors (Lipinski definition) is 5. The highest BCUT2D eigenvalue weighted by Crippen LogP contribution is 2.13. The Bertz CT molecular complexity index is 438. The van der Waals surface area contributed by atoms with Crippen molar-refractivity contribution >= 4 is 28.8 Å². The van der Waals surface area contributed by atoms with Crippen molar-refractivity contribution in [1.82, 2.24) is 5.32 Å². The molecule has 0 heterocycles. The number of hydrogen-bond donors (Lipinski definition) is 1. The number of nitrogens with one attached hydrogen (secondary N) is 1. The molecule has 0 rings (SSSR count). The lowest BCUT2D eigenvalue weighted by Gasteiger charge is -2.02. The Morgan fingerprint density at radius 2 is 1.44 bits per heavy atom. The number of amides is 1. The summed E-state index contributed by atoms with van der Waals surface area (Å²) in [5, 5.41) is 4.51. The van der Waals surface area contributed by atoms with Gasteiger partial charge in [-0.15, -0.1) is 0 Å². The molecule has 5 nitrogen and oxygen atoms in total. The second-order valence-electron chi connectivity index (χ2n) is 6.70. The molecule has 0 unspecified atom stereocenters. The van der Waals surface area contributed by atoms with Crippen molar-refractivity contribution in [2.45, 2.75) is 90.4 Å². The van der Waals surface area contributed by atoms with Crippen molar-refractivity contribution in [1.29, 1.82) is 0 Å². The minimum Gasteiger partial charge on any atom is -0.469 e. The Balaban J connectivity index is 3.49. The molecule has 0 saturated carbocycles. The molecule has 0 bridgehead atoms. The Labute approximate surface area is 169 Å². The molecule has 0 fully saturated rings. The molecule has 6 heteroatoms. The first-order valence-electron chi connectivity index (χ1n) is 10.3. The van der Waals surface area contributed by atoms with Crippen LogP contribution in [0.15, 0.2) is 11.5 Å². The predicted octanol–water partition coefficient (Wildman–Crippen LogP) is 5.14. The summed E-state index contributed by atoms with van der Waals surface area (Å²) in [5.74, 6) is -0.293. The summed E-state index contributed by atoms with van der Waals surface area (Å²) in [6.45, 7) is 2.90. The van der Waals surface area contributed by atoms with Crippen LogP contribution in [0.2, 0.25) is 0 Å². The van der Waals surface area contributed by atoms with E-state index in [1.165, 1.54) is 38.9 Å². The number of esters is 1. The molecular formula is C21H37NO4S. The van der Waals surface area contributed by atoms with E-state index in [0.29, 0.717) is 19.4 Å². The molecule has 0 aliphatic rings. The first-order chi connectivity index (χ1) is 13.1. The third kappa shape index (κ3) is 19.3. The van der Waals surface area contributed by atoms with Gasteiger partial charge in [0.05, 0.1) is 7.11 Å². The van der Waals surface area contributed by atoms with E-state index < -0.39 is 0 Å². The average Bonchev–Trinajstić information content (AvgIpc) is 2.66. The van der Waals surface area contributed by atoms with Crippen LogP contribution in [0.4, 0.5) is 0 Å². The van der Waals surface area contributed by atoms with E-state index in [4.69, 9.17) is 0 Å². The molecule has 156 valence electrons. The van der Waals surface area contributed by atoms with Crippen molar-refractivity contribution in [2.24, 2.45) is 0 Å². The molecule has 0 aromatic carbocycles. The topological polar surface area (TPSA) is 72.5 Å². The Kier molecular flexibility index (Phi) is 18.5. The van der Waals surface area contributed by atoms with Crippen molar-refractivity contribution in [3.63, 3.8) is 0 Å². The lowest BCUT2D eigenvalue weighted by atomic mass is 10.1. The zero-order valence-corrected chi connectivity index (χ0v) is 17.9. The molecule has 1 amide bonds. The highest BCUT2D eigenvalue weighted by atomic mass is 32.2. The molecule has 0 aliphatic carbocycles. The van der Waals surface area contributed by atoms with E-state index >= 15 is 0 Å². The second kappa shape index (κ2) is 19.5. The van der Waals surface area contributed by atoms with E-state index in [2.05, 4.69) is 17.0 Å². The molecule has 1 N–H and O–H groups in total. The lowest BCUT2D eigenvalue weighted by Crippen LogP contribution is -2.21. The SMILES string of the molecule is CCCCCCCCNC(=O)/C=C\SC(=O)CCCCCCCC(=O)OC. The molecular weight excluding hydrogens is 362 g/mol. The zero-order valence-electron chi connectivity index (χ0n) is 17.1. The van der Waals surface area contributed by atoms with Crippen molar-refractivity contribution in [2.75, 3.05) is 13.7 Å². The third-order valence-corrected chi connectivity index (χ3v) is 4.98. The summed E-state index contributed by atoms with van der Waals surface area (Å²) in [6, 6.07) is 0. The fourth-order valence-corrected chi connectivity index (χ4v) is 3.18. The molecule has 0 spiro atoms.